The van der Waals surface area contributed by atoms with Gasteiger partial charge in [-0.15, -0.1) is 11.3 Å². The van der Waals surface area contributed by atoms with Gasteiger partial charge in [0.15, 0.2) is 5.69 Å². The van der Waals surface area contributed by atoms with Crippen molar-refractivity contribution in [2.24, 2.45) is 5.92 Å². The topological polar surface area (TPSA) is 51.7 Å². The molecule has 1 fully saturated rings. The molecule has 1 aliphatic heterocycles. The van der Waals surface area contributed by atoms with E-state index in [0.717, 1.165) is 25.2 Å². The first-order valence-corrected chi connectivity index (χ1v) is 9.62. The SMILES string of the molecule is CC(C)CN1CCOC(COC(=O)c2csc(-c3ccc(F)cc3)n2)C1. The summed E-state index contributed by atoms with van der Waals surface area (Å²) in [6, 6.07) is 6.03. The van der Waals surface area contributed by atoms with Crippen LogP contribution in [-0.2, 0) is 9.47 Å². The molecule has 0 aliphatic carbocycles. The van der Waals surface area contributed by atoms with E-state index < -0.39 is 5.97 Å². The van der Waals surface area contributed by atoms with E-state index >= 15 is 0 Å². The highest BCUT2D eigenvalue weighted by atomic mass is 32.1. The lowest BCUT2D eigenvalue weighted by atomic mass is 10.2. The zero-order valence-electron chi connectivity index (χ0n) is 15.0. The van der Waals surface area contributed by atoms with Crippen LogP contribution in [0, 0.1) is 11.7 Å². The number of ether oxygens (including phenoxy) is 2. The third-order valence-corrected chi connectivity index (χ3v) is 4.94. The molecule has 0 saturated carbocycles. The second-order valence-corrected chi connectivity index (χ2v) is 7.65. The maximum atomic E-state index is 13.0. The first-order chi connectivity index (χ1) is 12.5. The molecule has 1 aromatic carbocycles. The minimum Gasteiger partial charge on any atom is -0.458 e. The summed E-state index contributed by atoms with van der Waals surface area (Å²) >= 11 is 1.33. The van der Waals surface area contributed by atoms with Gasteiger partial charge in [0.25, 0.3) is 0 Å². The fraction of sp³-hybridized carbons (Fsp3) is 0.474. The number of aromatic nitrogens is 1. The molecule has 0 N–H and O–H groups in total. The lowest BCUT2D eigenvalue weighted by Crippen LogP contribution is -2.45. The number of thiazole rings is 1. The van der Waals surface area contributed by atoms with Crippen LogP contribution in [0.2, 0.25) is 0 Å². The van der Waals surface area contributed by atoms with Gasteiger partial charge in [-0.05, 0) is 30.2 Å². The fourth-order valence-electron chi connectivity index (χ4n) is 2.90. The molecule has 0 spiro atoms. The summed E-state index contributed by atoms with van der Waals surface area (Å²) in [6.07, 6.45) is -0.110. The molecule has 0 bridgehead atoms. The number of carbonyl (C=O) groups excluding carboxylic acids is 1. The second-order valence-electron chi connectivity index (χ2n) is 6.79. The van der Waals surface area contributed by atoms with Crippen LogP contribution in [0.4, 0.5) is 4.39 Å². The number of nitrogens with zero attached hydrogens (tertiary/aromatic N) is 2. The summed E-state index contributed by atoms with van der Waals surface area (Å²) in [5.74, 6) is -0.167. The predicted octanol–water partition coefficient (Wildman–Crippen LogP) is 3.46. The van der Waals surface area contributed by atoms with Crippen LogP contribution < -0.4 is 0 Å². The highest BCUT2D eigenvalue weighted by Crippen LogP contribution is 2.24. The van der Waals surface area contributed by atoms with Gasteiger partial charge in [-0.3, -0.25) is 4.90 Å². The minimum absolute atomic E-state index is 0.110. The Labute approximate surface area is 156 Å². The predicted molar refractivity (Wildman–Crippen MR) is 98.8 cm³/mol. The van der Waals surface area contributed by atoms with Crippen molar-refractivity contribution in [1.82, 2.24) is 9.88 Å². The van der Waals surface area contributed by atoms with Crippen LogP contribution in [0.25, 0.3) is 10.6 Å². The molecule has 1 aromatic heterocycles. The molecule has 7 heteroatoms. The smallest absolute Gasteiger partial charge is 0.357 e. The van der Waals surface area contributed by atoms with Gasteiger partial charge < -0.3 is 9.47 Å². The number of esters is 1. The van der Waals surface area contributed by atoms with E-state index in [4.69, 9.17) is 9.47 Å². The molecule has 5 nitrogen and oxygen atoms in total. The van der Waals surface area contributed by atoms with Gasteiger partial charge >= 0.3 is 5.97 Å². The van der Waals surface area contributed by atoms with Gasteiger partial charge in [-0.1, -0.05) is 13.8 Å². The molecule has 140 valence electrons. The van der Waals surface area contributed by atoms with Crippen LogP contribution >= 0.6 is 11.3 Å². The highest BCUT2D eigenvalue weighted by molar-refractivity contribution is 7.13. The molecule has 3 rings (SSSR count). The third-order valence-electron chi connectivity index (χ3n) is 4.05. The van der Waals surface area contributed by atoms with E-state index in [1.807, 2.05) is 0 Å². The average Bonchev–Trinajstić information content (AvgIpc) is 3.10. The van der Waals surface area contributed by atoms with Crippen LogP contribution in [0.5, 0.6) is 0 Å². The number of hydrogen-bond acceptors (Lipinski definition) is 6. The van der Waals surface area contributed by atoms with Crippen molar-refractivity contribution in [2.45, 2.75) is 20.0 Å². The standard InChI is InChI=1S/C19H23FN2O3S/c1-13(2)9-22-7-8-24-16(10-22)11-25-19(23)17-12-26-18(21-17)14-3-5-15(20)6-4-14/h3-6,12-13,16H,7-11H2,1-2H3. The average molecular weight is 378 g/mol. The van der Waals surface area contributed by atoms with Crippen LogP contribution in [-0.4, -0.2) is 54.8 Å². The zero-order valence-corrected chi connectivity index (χ0v) is 15.8. The Kier molecular flexibility index (Phi) is 6.34. The fourth-order valence-corrected chi connectivity index (χ4v) is 3.69. The molecule has 1 atom stereocenters. The Hall–Kier alpha value is -1.83. The van der Waals surface area contributed by atoms with Gasteiger partial charge in [0, 0.05) is 30.6 Å². The van der Waals surface area contributed by atoms with E-state index in [9.17, 15) is 9.18 Å². The zero-order chi connectivity index (χ0) is 18.5. The summed E-state index contributed by atoms with van der Waals surface area (Å²) < 4.78 is 24.1. The first kappa shape index (κ1) is 18.9. The van der Waals surface area contributed by atoms with Gasteiger partial charge in [-0.2, -0.15) is 0 Å². The Balaban J connectivity index is 1.53. The number of morpholine rings is 1. The van der Waals surface area contributed by atoms with E-state index in [2.05, 4.69) is 23.7 Å². The molecule has 1 aliphatic rings. The van der Waals surface area contributed by atoms with Crippen molar-refractivity contribution in [3.05, 3.63) is 41.2 Å². The Morgan fingerprint density at radius 1 is 1.42 bits per heavy atom. The number of carbonyl (C=O) groups is 1. The lowest BCUT2D eigenvalue weighted by Gasteiger charge is -2.33. The summed E-state index contributed by atoms with van der Waals surface area (Å²) in [6.45, 7) is 7.94. The monoisotopic (exact) mass is 378 g/mol. The van der Waals surface area contributed by atoms with Gasteiger partial charge in [0.2, 0.25) is 0 Å². The number of benzene rings is 1. The number of rotatable bonds is 6. The summed E-state index contributed by atoms with van der Waals surface area (Å²) in [4.78, 5) is 18.9. The minimum atomic E-state index is -0.459. The second kappa shape index (κ2) is 8.70. The number of halogens is 1. The van der Waals surface area contributed by atoms with Crippen LogP contribution in [0.3, 0.4) is 0 Å². The normalized spacial score (nSPS) is 18.2. The maximum absolute atomic E-state index is 13.0. The molecule has 1 unspecified atom stereocenters. The van der Waals surface area contributed by atoms with E-state index in [0.29, 0.717) is 17.5 Å². The molecular weight excluding hydrogens is 355 g/mol. The maximum Gasteiger partial charge on any atom is 0.357 e. The van der Waals surface area contributed by atoms with Gasteiger partial charge in [0.1, 0.15) is 23.5 Å². The summed E-state index contributed by atoms with van der Waals surface area (Å²) in [7, 11) is 0. The van der Waals surface area contributed by atoms with Crippen molar-refractivity contribution >= 4 is 17.3 Å². The van der Waals surface area contributed by atoms with Crippen molar-refractivity contribution < 1.29 is 18.7 Å². The van der Waals surface area contributed by atoms with Crippen LogP contribution in [0.1, 0.15) is 24.3 Å². The van der Waals surface area contributed by atoms with Gasteiger partial charge in [0.05, 0.1) is 6.61 Å². The van der Waals surface area contributed by atoms with Crippen molar-refractivity contribution in [2.75, 3.05) is 32.8 Å². The number of hydrogen-bond donors (Lipinski definition) is 0. The quantitative estimate of drug-likeness (QED) is 0.721. The summed E-state index contributed by atoms with van der Waals surface area (Å²) in [5.41, 5.74) is 1.04. The molecule has 26 heavy (non-hydrogen) atoms. The molecule has 2 aromatic rings. The lowest BCUT2D eigenvalue weighted by molar-refractivity contribution is -0.0613. The largest absolute Gasteiger partial charge is 0.458 e. The van der Waals surface area contributed by atoms with E-state index in [1.54, 1.807) is 17.5 Å². The third kappa shape index (κ3) is 5.09. The molecule has 1 saturated heterocycles. The summed E-state index contributed by atoms with van der Waals surface area (Å²) in [5, 5.41) is 2.32. The van der Waals surface area contributed by atoms with Gasteiger partial charge in [-0.25, -0.2) is 14.2 Å². The van der Waals surface area contributed by atoms with Crippen molar-refractivity contribution in [3.8, 4) is 10.6 Å². The molecule has 2 heterocycles. The Morgan fingerprint density at radius 3 is 2.92 bits per heavy atom. The van der Waals surface area contributed by atoms with E-state index in [-0.39, 0.29) is 24.2 Å². The Bertz CT molecular complexity index is 733. The Morgan fingerprint density at radius 2 is 2.19 bits per heavy atom. The highest BCUT2D eigenvalue weighted by Gasteiger charge is 2.23. The van der Waals surface area contributed by atoms with Crippen molar-refractivity contribution in [3.63, 3.8) is 0 Å². The van der Waals surface area contributed by atoms with Crippen LogP contribution in [0.15, 0.2) is 29.6 Å². The molecular formula is C19H23FN2O3S. The van der Waals surface area contributed by atoms with Crippen molar-refractivity contribution in [1.29, 1.82) is 0 Å². The van der Waals surface area contributed by atoms with E-state index in [1.165, 1.54) is 23.5 Å². The molecule has 0 amide bonds. The molecule has 0 radical (unpaired) electrons. The first-order valence-electron chi connectivity index (χ1n) is 8.74.